The van der Waals surface area contributed by atoms with Crippen molar-refractivity contribution in [3.05, 3.63) is 91.8 Å². The smallest absolute Gasteiger partial charge is 0.225 e. The molecule has 0 atom stereocenters. The third-order valence-electron chi connectivity index (χ3n) is 3.73. The van der Waals surface area contributed by atoms with E-state index in [-0.39, 0.29) is 0 Å². The van der Waals surface area contributed by atoms with Gasteiger partial charge in [-0.2, -0.15) is 0 Å². The lowest BCUT2D eigenvalue weighted by Gasteiger charge is -1.98. The summed E-state index contributed by atoms with van der Waals surface area (Å²) in [7, 11) is 0. The van der Waals surface area contributed by atoms with E-state index in [4.69, 9.17) is 8.83 Å². The molecule has 0 saturated carbocycles. The number of pyridine rings is 1. The van der Waals surface area contributed by atoms with E-state index in [2.05, 4.69) is 27.1 Å². The Kier molecular flexibility index (Phi) is 4.52. The number of rotatable bonds is 2. The third-order valence-corrected chi connectivity index (χ3v) is 3.73. The van der Waals surface area contributed by atoms with Crippen molar-refractivity contribution in [3.8, 4) is 22.9 Å². The van der Waals surface area contributed by atoms with Gasteiger partial charge in [0.1, 0.15) is 12.5 Å². The van der Waals surface area contributed by atoms with Crippen molar-refractivity contribution in [2.45, 2.75) is 0 Å². The highest BCUT2D eigenvalue weighted by atomic mass is 16.3. The predicted octanol–water partition coefficient (Wildman–Crippen LogP) is 5.23. The van der Waals surface area contributed by atoms with Gasteiger partial charge in [-0.15, -0.1) is 0 Å². The lowest BCUT2D eigenvalue weighted by Crippen LogP contribution is -1.80. The number of oxazole rings is 2. The lowest BCUT2D eigenvalue weighted by molar-refractivity contribution is 0.572. The van der Waals surface area contributed by atoms with Crippen molar-refractivity contribution in [1.29, 1.82) is 0 Å². The topological polar surface area (TPSA) is 65.0 Å². The summed E-state index contributed by atoms with van der Waals surface area (Å²) in [5.74, 6) is 1.18. The van der Waals surface area contributed by atoms with Crippen LogP contribution in [0.3, 0.4) is 0 Å². The number of aromatic nitrogens is 3. The highest BCUT2D eigenvalue weighted by molar-refractivity contribution is 5.77. The van der Waals surface area contributed by atoms with Crippen LogP contribution in [-0.2, 0) is 0 Å². The highest BCUT2D eigenvalue weighted by Gasteiger charge is 2.06. The van der Waals surface area contributed by atoms with Gasteiger partial charge < -0.3 is 8.83 Å². The van der Waals surface area contributed by atoms with Crippen molar-refractivity contribution in [3.63, 3.8) is 0 Å². The summed E-state index contributed by atoms with van der Waals surface area (Å²) in [4.78, 5) is 12.4. The van der Waals surface area contributed by atoms with E-state index in [0.29, 0.717) is 11.8 Å². The molecule has 0 bridgehead atoms. The first-order chi connectivity index (χ1) is 12.9. The van der Waals surface area contributed by atoms with Gasteiger partial charge in [0.15, 0.2) is 0 Å². The van der Waals surface area contributed by atoms with Gasteiger partial charge in [-0.05, 0) is 30.3 Å². The molecular formula is C21H15N3O2. The second-order valence-electron chi connectivity index (χ2n) is 5.45. The van der Waals surface area contributed by atoms with Crippen molar-refractivity contribution in [2.75, 3.05) is 0 Å². The maximum absolute atomic E-state index is 5.23. The lowest BCUT2D eigenvalue weighted by atomic mass is 10.1. The number of benzene rings is 2. The van der Waals surface area contributed by atoms with Crippen LogP contribution in [0.25, 0.3) is 33.8 Å². The van der Waals surface area contributed by atoms with E-state index >= 15 is 0 Å². The van der Waals surface area contributed by atoms with Gasteiger partial charge in [0.2, 0.25) is 11.8 Å². The van der Waals surface area contributed by atoms with Crippen LogP contribution in [0.5, 0.6) is 0 Å². The van der Waals surface area contributed by atoms with Gasteiger partial charge in [0.05, 0.1) is 17.9 Å². The molecule has 0 N–H and O–H groups in total. The molecule has 26 heavy (non-hydrogen) atoms. The summed E-state index contributed by atoms with van der Waals surface area (Å²) in [6.45, 7) is 0. The molecule has 0 unspecified atom stereocenters. The molecule has 5 rings (SSSR count). The van der Waals surface area contributed by atoms with Crippen molar-refractivity contribution < 1.29 is 8.83 Å². The molecule has 0 aliphatic carbocycles. The fourth-order valence-electron chi connectivity index (χ4n) is 2.53. The molecular weight excluding hydrogens is 326 g/mol. The van der Waals surface area contributed by atoms with Crippen LogP contribution in [0, 0.1) is 0 Å². The third kappa shape index (κ3) is 3.52. The zero-order valence-corrected chi connectivity index (χ0v) is 13.8. The molecule has 126 valence electrons. The minimum Gasteiger partial charge on any atom is -0.445 e. The highest BCUT2D eigenvalue weighted by Crippen LogP contribution is 2.24. The Hall–Kier alpha value is -3.73. The molecule has 5 aromatic rings. The molecule has 0 spiro atoms. The van der Waals surface area contributed by atoms with Crippen LogP contribution >= 0.6 is 0 Å². The summed E-state index contributed by atoms with van der Waals surface area (Å²) < 4.78 is 10.5. The summed E-state index contributed by atoms with van der Waals surface area (Å²) in [6.07, 6.45) is 8.14. The van der Waals surface area contributed by atoms with Gasteiger partial charge in [0.25, 0.3) is 0 Å². The largest absolute Gasteiger partial charge is 0.445 e. The van der Waals surface area contributed by atoms with Crippen molar-refractivity contribution in [2.24, 2.45) is 0 Å². The first kappa shape index (κ1) is 15.8. The van der Waals surface area contributed by atoms with E-state index in [1.54, 1.807) is 24.9 Å². The normalized spacial score (nSPS) is 10.3. The molecule has 0 amide bonds. The molecule has 0 aliphatic rings. The van der Waals surface area contributed by atoms with E-state index < -0.39 is 0 Å². The fraction of sp³-hybridized carbons (Fsp3) is 0. The Morgan fingerprint density at radius 3 is 1.85 bits per heavy atom. The Morgan fingerprint density at radius 1 is 0.577 bits per heavy atom. The van der Waals surface area contributed by atoms with E-state index in [1.807, 2.05) is 54.7 Å². The van der Waals surface area contributed by atoms with Crippen LogP contribution in [0.2, 0.25) is 0 Å². The summed E-state index contributed by atoms with van der Waals surface area (Å²) in [5.41, 5.74) is 2.87. The van der Waals surface area contributed by atoms with Crippen molar-refractivity contribution >= 4 is 10.9 Å². The number of para-hydroxylation sites is 1. The Bertz CT molecular complexity index is 972. The van der Waals surface area contributed by atoms with Gasteiger partial charge in [0, 0.05) is 22.7 Å². The van der Waals surface area contributed by atoms with Crippen LogP contribution in [0.4, 0.5) is 0 Å². The van der Waals surface area contributed by atoms with Gasteiger partial charge in [-0.25, -0.2) is 9.97 Å². The quantitative estimate of drug-likeness (QED) is 0.440. The molecule has 0 radical (unpaired) electrons. The zero-order valence-electron chi connectivity index (χ0n) is 13.8. The minimum atomic E-state index is 0.591. The van der Waals surface area contributed by atoms with Crippen LogP contribution < -0.4 is 0 Å². The first-order valence-electron chi connectivity index (χ1n) is 8.10. The van der Waals surface area contributed by atoms with Crippen molar-refractivity contribution in [1.82, 2.24) is 15.0 Å². The van der Waals surface area contributed by atoms with E-state index in [9.17, 15) is 0 Å². The van der Waals surface area contributed by atoms with Gasteiger partial charge >= 0.3 is 0 Å². The van der Waals surface area contributed by atoms with Gasteiger partial charge in [-0.1, -0.05) is 30.3 Å². The summed E-state index contributed by atoms with van der Waals surface area (Å²) in [6, 6.07) is 19.8. The average molecular weight is 341 g/mol. The van der Waals surface area contributed by atoms with E-state index in [1.165, 1.54) is 5.39 Å². The molecule has 3 aromatic heterocycles. The number of nitrogens with zero attached hydrogens (tertiary/aromatic N) is 3. The molecule has 0 saturated heterocycles. The number of hydrogen-bond acceptors (Lipinski definition) is 5. The Morgan fingerprint density at radius 2 is 1.23 bits per heavy atom. The second kappa shape index (κ2) is 7.44. The standard InChI is InChI=1S/C12H8N2O2.C9H7N/c1-2-9(11-13-4-6-15-11)8-10(3-1)12-14-5-7-16-12;1-2-6-9-8(4-1)5-3-7-10-9/h1-8H;1-7H. The molecule has 2 aromatic carbocycles. The maximum atomic E-state index is 5.23. The predicted molar refractivity (Wildman–Crippen MR) is 99.2 cm³/mol. The monoisotopic (exact) mass is 341 g/mol. The zero-order chi connectivity index (χ0) is 17.6. The Labute approximate surface area is 150 Å². The number of fused-ring (bicyclic) bond motifs is 1. The molecule has 0 aliphatic heterocycles. The number of hydrogen-bond donors (Lipinski definition) is 0. The average Bonchev–Trinajstić information content (AvgIpc) is 3.43. The first-order valence-corrected chi connectivity index (χ1v) is 8.10. The Balaban J connectivity index is 0.000000144. The van der Waals surface area contributed by atoms with Gasteiger partial charge in [-0.3, -0.25) is 4.98 Å². The minimum absolute atomic E-state index is 0.591. The summed E-state index contributed by atoms with van der Waals surface area (Å²) in [5, 5.41) is 1.20. The SMILES string of the molecule is c1cc(-c2ncco2)cc(-c2ncco2)c1.c1ccc2ncccc2c1. The summed E-state index contributed by atoms with van der Waals surface area (Å²) >= 11 is 0. The van der Waals surface area contributed by atoms with Crippen LogP contribution in [0.1, 0.15) is 0 Å². The van der Waals surface area contributed by atoms with E-state index in [0.717, 1.165) is 16.6 Å². The fourth-order valence-corrected chi connectivity index (χ4v) is 2.53. The maximum Gasteiger partial charge on any atom is 0.225 e. The molecule has 0 fully saturated rings. The van der Waals surface area contributed by atoms with Crippen LogP contribution in [-0.4, -0.2) is 15.0 Å². The molecule has 5 heteroatoms. The van der Waals surface area contributed by atoms with Crippen LogP contribution in [0.15, 0.2) is 101 Å². The molecule has 3 heterocycles. The molecule has 5 nitrogen and oxygen atoms in total. The second-order valence-corrected chi connectivity index (χ2v) is 5.45.